The number of aryl methyl sites for hydroxylation is 1. The van der Waals surface area contributed by atoms with Crippen LogP contribution in [0.25, 0.3) is 10.9 Å². The van der Waals surface area contributed by atoms with Gasteiger partial charge in [0.25, 0.3) is 0 Å². The summed E-state index contributed by atoms with van der Waals surface area (Å²) in [4.78, 5) is 17.3. The van der Waals surface area contributed by atoms with Crippen molar-refractivity contribution in [1.82, 2.24) is 4.98 Å². The van der Waals surface area contributed by atoms with Crippen molar-refractivity contribution in [3.8, 4) is 17.2 Å². The van der Waals surface area contributed by atoms with Gasteiger partial charge in [0.2, 0.25) is 0 Å². The predicted octanol–water partition coefficient (Wildman–Crippen LogP) is 6.32. The molecular formula is C25H21NO3S. The lowest BCUT2D eigenvalue weighted by Crippen LogP contribution is -2.02. The number of nitrogens with zero attached hydrogens (tertiary/aromatic N) is 1. The first-order chi connectivity index (χ1) is 14.6. The molecule has 0 spiro atoms. The molecule has 0 saturated carbocycles. The quantitative estimate of drug-likeness (QED) is 0.261. The van der Waals surface area contributed by atoms with Crippen LogP contribution in [0.3, 0.4) is 0 Å². The highest BCUT2D eigenvalue weighted by Crippen LogP contribution is 2.27. The van der Waals surface area contributed by atoms with E-state index < -0.39 is 0 Å². The van der Waals surface area contributed by atoms with Gasteiger partial charge in [0.15, 0.2) is 5.78 Å². The van der Waals surface area contributed by atoms with E-state index in [1.54, 1.807) is 19.2 Å². The maximum absolute atomic E-state index is 12.6. The van der Waals surface area contributed by atoms with Crippen LogP contribution in [0.5, 0.6) is 17.2 Å². The van der Waals surface area contributed by atoms with Crippen molar-refractivity contribution in [3.63, 3.8) is 0 Å². The Hall–Kier alpha value is -3.31. The highest BCUT2D eigenvalue weighted by molar-refractivity contribution is 7.99. The zero-order valence-electron chi connectivity index (χ0n) is 16.8. The molecule has 1 heterocycles. The molecule has 4 aromatic rings. The van der Waals surface area contributed by atoms with Gasteiger partial charge in [-0.25, -0.2) is 4.98 Å². The highest BCUT2D eigenvalue weighted by Gasteiger charge is 2.10. The number of aromatic nitrogens is 1. The average molecular weight is 416 g/mol. The summed E-state index contributed by atoms with van der Waals surface area (Å²) in [6.07, 6.45) is 0. The second kappa shape index (κ2) is 9.01. The minimum absolute atomic E-state index is 0.0523. The first-order valence-corrected chi connectivity index (χ1v) is 10.6. The van der Waals surface area contributed by atoms with Gasteiger partial charge in [-0.2, -0.15) is 0 Å². The minimum Gasteiger partial charge on any atom is -0.497 e. The van der Waals surface area contributed by atoms with Gasteiger partial charge in [0, 0.05) is 17.0 Å². The summed E-state index contributed by atoms with van der Waals surface area (Å²) in [6.45, 7) is 2.05. The summed E-state index contributed by atoms with van der Waals surface area (Å²) in [5.41, 5.74) is 2.65. The van der Waals surface area contributed by atoms with E-state index in [4.69, 9.17) is 9.47 Å². The zero-order chi connectivity index (χ0) is 20.9. The van der Waals surface area contributed by atoms with Crippen molar-refractivity contribution in [1.29, 1.82) is 0 Å². The lowest BCUT2D eigenvalue weighted by molar-refractivity contribution is 0.102. The van der Waals surface area contributed by atoms with Crippen LogP contribution in [0.2, 0.25) is 0 Å². The molecule has 0 N–H and O–H groups in total. The van der Waals surface area contributed by atoms with Gasteiger partial charge >= 0.3 is 0 Å². The second-order valence-electron chi connectivity index (χ2n) is 6.81. The Labute approximate surface area is 179 Å². The Bertz CT molecular complexity index is 1170. The number of para-hydroxylation sites is 1. The van der Waals surface area contributed by atoms with Crippen molar-refractivity contribution in [2.75, 3.05) is 12.9 Å². The van der Waals surface area contributed by atoms with Crippen molar-refractivity contribution in [3.05, 3.63) is 90.0 Å². The van der Waals surface area contributed by atoms with E-state index in [1.807, 2.05) is 73.7 Å². The maximum Gasteiger partial charge on any atom is 0.173 e. The number of ketones is 1. The van der Waals surface area contributed by atoms with Crippen molar-refractivity contribution < 1.29 is 14.3 Å². The molecule has 0 unspecified atom stereocenters. The number of carbonyl (C=O) groups is 1. The Balaban J connectivity index is 1.43. The molecule has 4 nitrogen and oxygen atoms in total. The van der Waals surface area contributed by atoms with Crippen LogP contribution in [0.1, 0.15) is 15.9 Å². The molecule has 0 amide bonds. The summed E-state index contributed by atoms with van der Waals surface area (Å²) in [5, 5.41) is 1.91. The fourth-order valence-corrected chi connectivity index (χ4v) is 3.98. The van der Waals surface area contributed by atoms with E-state index in [0.717, 1.165) is 33.0 Å². The molecule has 0 fully saturated rings. The average Bonchev–Trinajstić information content (AvgIpc) is 2.78. The number of hydrogen-bond acceptors (Lipinski definition) is 5. The molecule has 0 bridgehead atoms. The van der Waals surface area contributed by atoms with E-state index >= 15 is 0 Å². The Morgan fingerprint density at radius 2 is 1.60 bits per heavy atom. The topological polar surface area (TPSA) is 48.4 Å². The lowest BCUT2D eigenvalue weighted by Gasteiger charge is -2.08. The molecule has 0 aliphatic heterocycles. The van der Waals surface area contributed by atoms with Gasteiger partial charge in [-0.15, -0.1) is 0 Å². The number of fused-ring (bicyclic) bond motifs is 1. The molecular weight excluding hydrogens is 394 g/mol. The zero-order valence-corrected chi connectivity index (χ0v) is 17.6. The molecule has 0 atom stereocenters. The van der Waals surface area contributed by atoms with Gasteiger partial charge in [0.05, 0.1) is 23.4 Å². The highest BCUT2D eigenvalue weighted by atomic mass is 32.2. The normalized spacial score (nSPS) is 10.7. The first kappa shape index (κ1) is 20.0. The summed E-state index contributed by atoms with van der Waals surface area (Å²) in [6, 6.07) is 24.7. The molecule has 4 rings (SSSR count). The number of pyridine rings is 1. The van der Waals surface area contributed by atoms with E-state index in [-0.39, 0.29) is 5.78 Å². The van der Waals surface area contributed by atoms with Crippen LogP contribution in [-0.2, 0) is 0 Å². The lowest BCUT2D eigenvalue weighted by atomic mass is 10.1. The third kappa shape index (κ3) is 4.63. The number of hydrogen-bond donors (Lipinski definition) is 0. The number of methoxy groups -OCH3 is 1. The summed E-state index contributed by atoms with van der Waals surface area (Å²) in [7, 11) is 1.64. The largest absolute Gasteiger partial charge is 0.497 e. The first-order valence-electron chi connectivity index (χ1n) is 9.57. The Morgan fingerprint density at radius 1 is 0.900 bits per heavy atom. The number of carbonyl (C=O) groups excluding carboxylic acids is 1. The molecule has 5 heteroatoms. The van der Waals surface area contributed by atoms with E-state index in [1.165, 1.54) is 11.8 Å². The second-order valence-corrected chi connectivity index (χ2v) is 7.81. The summed E-state index contributed by atoms with van der Waals surface area (Å²) in [5.74, 6) is 2.61. The van der Waals surface area contributed by atoms with Crippen LogP contribution < -0.4 is 9.47 Å². The van der Waals surface area contributed by atoms with Crippen LogP contribution >= 0.6 is 11.8 Å². The smallest absolute Gasteiger partial charge is 0.173 e. The van der Waals surface area contributed by atoms with Crippen molar-refractivity contribution in [2.45, 2.75) is 11.9 Å². The summed E-state index contributed by atoms with van der Waals surface area (Å²) >= 11 is 1.44. The molecule has 30 heavy (non-hydrogen) atoms. The number of benzene rings is 3. The summed E-state index contributed by atoms with van der Waals surface area (Å²) < 4.78 is 11.1. The number of ether oxygens (including phenoxy) is 2. The van der Waals surface area contributed by atoms with Crippen LogP contribution in [0.4, 0.5) is 0 Å². The molecule has 0 aliphatic carbocycles. The van der Waals surface area contributed by atoms with Crippen molar-refractivity contribution >= 4 is 28.4 Å². The number of thioether (sulfide) groups is 1. The van der Waals surface area contributed by atoms with E-state index in [9.17, 15) is 4.79 Å². The molecule has 0 aliphatic rings. The number of rotatable bonds is 7. The standard InChI is InChI=1S/C25H21NO3S/c1-17-14-25(26-23-15-21(28-2)12-13-22(17)23)30-16-24(27)18-8-10-20(11-9-18)29-19-6-4-3-5-7-19/h3-15H,16H2,1-2H3. The molecule has 0 radical (unpaired) electrons. The van der Waals surface area contributed by atoms with Crippen LogP contribution in [-0.4, -0.2) is 23.6 Å². The van der Waals surface area contributed by atoms with E-state index in [2.05, 4.69) is 4.98 Å². The number of Topliss-reactive ketones (excluding diaryl/α,β-unsaturated/α-hetero) is 1. The van der Waals surface area contributed by atoms with E-state index in [0.29, 0.717) is 17.1 Å². The van der Waals surface area contributed by atoms with Gasteiger partial charge in [-0.1, -0.05) is 30.0 Å². The SMILES string of the molecule is COc1ccc2c(C)cc(SCC(=O)c3ccc(Oc4ccccc4)cc3)nc2c1. The van der Waals surface area contributed by atoms with Crippen molar-refractivity contribution in [2.24, 2.45) is 0 Å². The Kier molecular flexibility index (Phi) is 6.00. The third-order valence-electron chi connectivity index (χ3n) is 4.71. The predicted molar refractivity (Wildman–Crippen MR) is 121 cm³/mol. The van der Waals surface area contributed by atoms with Crippen LogP contribution in [0, 0.1) is 6.92 Å². The monoisotopic (exact) mass is 415 g/mol. The minimum atomic E-state index is 0.0523. The Morgan fingerprint density at radius 3 is 2.33 bits per heavy atom. The fraction of sp³-hybridized carbons (Fsp3) is 0.120. The van der Waals surface area contributed by atoms with Crippen LogP contribution in [0.15, 0.2) is 83.9 Å². The molecule has 3 aromatic carbocycles. The van der Waals surface area contributed by atoms with Gasteiger partial charge in [-0.3, -0.25) is 4.79 Å². The van der Waals surface area contributed by atoms with Gasteiger partial charge in [0.1, 0.15) is 17.2 Å². The third-order valence-corrected chi connectivity index (χ3v) is 5.62. The molecule has 0 saturated heterocycles. The van der Waals surface area contributed by atoms with Gasteiger partial charge < -0.3 is 9.47 Å². The fourth-order valence-electron chi connectivity index (χ4n) is 3.11. The van der Waals surface area contributed by atoms with Gasteiger partial charge in [-0.05, 0) is 67.1 Å². The molecule has 150 valence electrons. The maximum atomic E-state index is 12.6. The molecule has 1 aromatic heterocycles.